The number of aliphatic hydroxyl groups excluding tert-OH is 1. The van der Waals surface area contributed by atoms with E-state index in [0.29, 0.717) is 0 Å². The second kappa shape index (κ2) is 3.69. The number of carbonyl (C=O) groups is 1. The van der Waals surface area contributed by atoms with Crippen LogP contribution >= 0.6 is 11.6 Å². The first-order valence-electron chi connectivity index (χ1n) is 2.63. The lowest BCUT2D eigenvalue weighted by atomic mass is 10.4. The van der Waals surface area contributed by atoms with Crippen molar-refractivity contribution in [2.24, 2.45) is 0 Å². The minimum Gasteiger partial charge on any atom is -0.390 e. The molecule has 0 aliphatic carbocycles. The number of nitrogens with one attached hydrogen (secondary N) is 1. The minimum absolute atomic E-state index is 0.240. The highest BCUT2D eigenvalue weighted by molar-refractivity contribution is 6.21. The van der Waals surface area contributed by atoms with Crippen LogP contribution in [0.2, 0.25) is 0 Å². The fraction of sp³-hybridized carbons (Fsp3) is 0.800. The van der Waals surface area contributed by atoms with E-state index in [1.807, 2.05) is 0 Å². The van der Waals surface area contributed by atoms with Gasteiger partial charge in [0.2, 0.25) is 5.91 Å². The third kappa shape index (κ3) is 4.24. The molecule has 0 rings (SSSR count). The molecule has 0 bridgehead atoms. The number of hydrogen-bond acceptors (Lipinski definition) is 2. The van der Waals surface area contributed by atoms with Gasteiger partial charge in [-0.1, -0.05) is 11.6 Å². The molecule has 0 aromatic heterocycles. The van der Waals surface area contributed by atoms with Crippen LogP contribution < -0.4 is 5.32 Å². The van der Waals surface area contributed by atoms with Gasteiger partial charge in [-0.05, 0) is 6.92 Å². The van der Waals surface area contributed by atoms with Crippen LogP contribution in [0, 0.1) is 0 Å². The monoisotopic (exact) mass is 151 g/mol. The van der Waals surface area contributed by atoms with Crippen LogP contribution in [0.5, 0.6) is 0 Å². The van der Waals surface area contributed by atoms with Crippen molar-refractivity contribution in [2.75, 3.05) is 0 Å². The van der Waals surface area contributed by atoms with Crippen molar-refractivity contribution in [3.05, 3.63) is 0 Å². The Morgan fingerprint density at radius 1 is 1.78 bits per heavy atom. The lowest BCUT2D eigenvalue weighted by Crippen LogP contribution is -2.36. The Kier molecular flexibility index (Phi) is 3.58. The Balaban J connectivity index is 3.50. The van der Waals surface area contributed by atoms with Gasteiger partial charge in [-0.3, -0.25) is 4.79 Å². The van der Waals surface area contributed by atoms with Crippen molar-refractivity contribution < 1.29 is 9.90 Å². The molecule has 0 saturated carbocycles. The molecule has 54 valence electrons. The van der Waals surface area contributed by atoms with Gasteiger partial charge in [0, 0.05) is 6.92 Å². The first-order valence-corrected chi connectivity index (χ1v) is 3.07. The number of hydrogen-bond donors (Lipinski definition) is 2. The molecule has 0 heterocycles. The van der Waals surface area contributed by atoms with Gasteiger partial charge in [-0.25, -0.2) is 0 Å². The lowest BCUT2D eigenvalue weighted by Gasteiger charge is -2.11. The summed E-state index contributed by atoms with van der Waals surface area (Å²) in [5, 5.41) is 11.0. The molecule has 1 amide bonds. The molecule has 0 aromatic rings. The zero-order chi connectivity index (χ0) is 7.44. The predicted octanol–water partition coefficient (Wildman–Crippen LogP) is 0.0682. The normalized spacial score (nSPS) is 16.4. The molecule has 0 aromatic carbocycles. The van der Waals surface area contributed by atoms with Crippen LogP contribution in [0.3, 0.4) is 0 Å². The van der Waals surface area contributed by atoms with Crippen molar-refractivity contribution >= 4 is 17.5 Å². The summed E-state index contributed by atoms with van der Waals surface area (Å²) in [7, 11) is 0. The number of carbonyl (C=O) groups excluding carboxylic acids is 1. The molecule has 2 unspecified atom stereocenters. The van der Waals surface area contributed by atoms with Crippen LogP contribution in [0.1, 0.15) is 13.8 Å². The predicted molar refractivity (Wildman–Crippen MR) is 35.1 cm³/mol. The fourth-order valence-electron chi connectivity index (χ4n) is 0.315. The highest BCUT2D eigenvalue weighted by Crippen LogP contribution is 1.96. The van der Waals surface area contributed by atoms with E-state index in [1.54, 1.807) is 0 Å². The lowest BCUT2D eigenvalue weighted by molar-refractivity contribution is -0.119. The molecule has 0 saturated heterocycles. The minimum atomic E-state index is -0.712. The third-order valence-corrected chi connectivity index (χ3v) is 1.24. The maximum absolute atomic E-state index is 10.3. The first-order chi connectivity index (χ1) is 4.04. The Hall–Kier alpha value is -0.280. The number of amides is 1. The maximum Gasteiger partial charge on any atom is 0.218 e. The van der Waals surface area contributed by atoms with Crippen LogP contribution in [0.25, 0.3) is 0 Å². The molecule has 0 spiro atoms. The SMILES string of the molecule is CC(=O)NC(Cl)C(C)O. The average Bonchev–Trinajstić information content (AvgIpc) is 1.63. The van der Waals surface area contributed by atoms with E-state index in [2.05, 4.69) is 5.32 Å². The summed E-state index contributed by atoms with van der Waals surface area (Å²) >= 11 is 5.43. The van der Waals surface area contributed by atoms with Crippen LogP contribution in [-0.2, 0) is 4.79 Å². The van der Waals surface area contributed by atoms with Crippen molar-refractivity contribution in [2.45, 2.75) is 25.5 Å². The molecule has 2 atom stereocenters. The zero-order valence-electron chi connectivity index (χ0n) is 5.39. The maximum atomic E-state index is 10.3. The van der Waals surface area contributed by atoms with Crippen LogP contribution in [0.4, 0.5) is 0 Å². The van der Waals surface area contributed by atoms with E-state index in [9.17, 15) is 4.79 Å². The number of aliphatic hydroxyl groups is 1. The molecule has 9 heavy (non-hydrogen) atoms. The van der Waals surface area contributed by atoms with E-state index in [-0.39, 0.29) is 5.91 Å². The average molecular weight is 152 g/mol. The molecule has 2 N–H and O–H groups in total. The van der Waals surface area contributed by atoms with Crippen molar-refractivity contribution in [3.63, 3.8) is 0 Å². The highest BCUT2D eigenvalue weighted by Gasteiger charge is 2.10. The Bertz CT molecular complexity index is 105. The molecule has 3 nitrogen and oxygen atoms in total. The molecule has 4 heteroatoms. The smallest absolute Gasteiger partial charge is 0.218 e. The van der Waals surface area contributed by atoms with Gasteiger partial charge in [0.25, 0.3) is 0 Å². The van der Waals surface area contributed by atoms with Gasteiger partial charge in [-0.2, -0.15) is 0 Å². The second-order valence-electron chi connectivity index (χ2n) is 1.84. The zero-order valence-corrected chi connectivity index (χ0v) is 6.14. The largest absolute Gasteiger partial charge is 0.390 e. The fourth-order valence-corrected chi connectivity index (χ4v) is 0.468. The summed E-state index contributed by atoms with van der Waals surface area (Å²) in [5.74, 6) is -0.240. The molecule has 0 radical (unpaired) electrons. The topological polar surface area (TPSA) is 49.3 Å². The van der Waals surface area contributed by atoms with E-state index in [4.69, 9.17) is 16.7 Å². The Morgan fingerprint density at radius 3 is 2.33 bits per heavy atom. The van der Waals surface area contributed by atoms with E-state index in [1.165, 1.54) is 13.8 Å². The molecule has 0 fully saturated rings. The van der Waals surface area contributed by atoms with Gasteiger partial charge in [-0.15, -0.1) is 0 Å². The van der Waals surface area contributed by atoms with Crippen molar-refractivity contribution in [1.29, 1.82) is 0 Å². The van der Waals surface area contributed by atoms with E-state index >= 15 is 0 Å². The molecular weight excluding hydrogens is 142 g/mol. The van der Waals surface area contributed by atoms with Gasteiger partial charge in [0.1, 0.15) is 5.50 Å². The van der Waals surface area contributed by atoms with Crippen LogP contribution in [0.15, 0.2) is 0 Å². The van der Waals surface area contributed by atoms with Gasteiger partial charge in [0.05, 0.1) is 6.10 Å². The highest BCUT2D eigenvalue weighted by atomic mass is 35.5. The van der Waals surface area contributed by atoms with E-state index < -0.39 is 11.6 Å². The second-order valence-corrected chi connectivity index (χ2v) is 2.31. The standard InChI is InChI=1S/C5H10ClNO2/c1-3(8)5(6)7-4(2)9/h3,5,8H,1-2H3,(H,7,9). The van der Waals surface area contributed by atoms with Gasteiger partial charge in [0.15, 0.2) is 0 Å². The first kappa shape index (κ1) is 8.72. The van der Waals surface area contributed by atoms with Gasteiger partial charge >= 0.3 is 0 Å². The van der Waals surface area contributed by atoms with Crippen LogP contribution in [-0.4, -0.2) is 22.6 Å². The number of rotatable bonds is 2. The summed E-state index contributed by atoms with van der Waals surface area (Å²) in [4.78, 5) is 10.3. The summed E-state index contributed by atoms with van der Waals surface area (Å²) in [5.41, 5.74) is -0.678. The van der Waals surface area contributed by atoms with Crippen molar-refractivity contribution in [3.8, 4) is 0 Å². The summed E-state index contributed by atoms with van der Waals surface area (Å²) in [6.07, 6.45) is -0.712. The number of alkyl halides is 1. The molecule has 0 aliphatic rings. The quantitative estimate of drug-likeness (QED) is 0.434. The number of halogens is 1. The third-order valence-electron chi connectivity index (χ3n) is 0.765. The Labute approximate surface area is 59.0 Å². The summed E-state index contributed by atoms with van der Waals surface area (Å²) in [6, 6.07) is 0. The van der Waals surface area contributed by atoms with Gasteiger partial charge < -0.3 is 10.4 Å². The summed E-state index contributed by atoms with van der Waals surface area (Å²) in [6.45, 7) is 2.85. The Morgan fingerprint density at radius 2 is 2.22 bits per heavy atom. The molecule has 0 aliphatic heterocycles. The summed E-state index contributed by atoms with van der Waals surface area (Å²) < 4.78 is 0. The van der Waals surface area contributed by atoms with E-state index in [0.717, 1.165) is 0 Å². The van der Waals surface area contributed by atoms with Crippen molar-refractivity contribution in [1.82, 2.24) is 5.32 Å². The molecular formula is C5H10ClNO2.